The van der Waals surface area contributed by atoms with Crippen molar-refractivity contribution in [2.75, 3.05) is 10.6 Å². The number of amides is 2. The van der Waals surface area contributed by atoms with Crippen LogP contribution in [0.4, 0.5) is 11.4 Å². The van der Waals surface area contributed by atoms with Gasteiger partial charge >= 0.3 is 0 Å². The number of hydrogen-bond acceptors (Lipinski definition) is 3. The Morgan fingerprint density at radius 3 is 2.37 bits per heavy atom. The predicted octanol–water partition coefficient (Wildman–Crippen LogP) is 7.47. The summed E-state index contributed by atoms with van der Waals surface area (Å²) in [6, 6.07) is 27.4. The van der Waals surface area contributed by atoms with Crippen molar-refractivity contribution in [2.24, 2.45) is 0 Å². The molecule has 35 heavy (non-hydrogen) atoms. The minimum atomic E-state index is -0.245. The van der Waals surface area contributed by atoms with Crippen molar-refractivity contribution in [3.63, 3.8) is 0 Å². The van der Waals surface area contributed by atoms with E-state index in [-0.39, 0.29) is 17.1 Å². The van der Waals surface area contributed by atoms with Gasteiger partial charge in [-0.05, 0) is 72.0 Å². The Morgan fingerprint density at radius 1 is 0.829 bits per heavy atom. The van der Waals surface area contributed by atoms with Gasteiger partial charge in [0.2, 0.25) is 5.91 Å². The van der Waals surface area contributed by atoms with Crippen LogP contribution < -0.4 is 10.6 Å². The first kappa shape index (κ1) is 24.6. The standard InChI is InChI=1S/C30H30N2O2S/c1-4-21-13-8-10-20(3)28(21)32-30(34)27(5-2)35-26-15-9-14-25(19-26)31-29(33)24-17-16-22-11-6-7-12-23(22)18-24/h6-19,27H,4-5H2,1-3H3,(H,31,33)(H,32,34). The Hall–Kier alpha value is -3.57. The Labute approximate surface area is 211 Å². The number of carbonyl (C=O) groups excluding carboxylic acids is 2. The summed E-state index contributed by atoms with van der Waals surface area (Å²) < 4.78 is 0. The normalized spacial score (nSPS) is 11.7. The first-order valence-electron chi connectivity index (χ1n) is 11.9. The fraction of sp³-hybridized carbons (Fsp3) is 0.200. The molecule has 178 valence electrons. The topological polar surface area (TPSA) is 58.2 Å². The molecule has 4 aromatic carbocycles. The van der Waals surface area contributed by atoms with Gasteiger partial charge in [-0.25, -0.2) is 0 Å². The van der Waals surface area contributed by atoms with Crippen LogP contribution in [0.2, 0.25) is 0 Å². The Bertz CT molecular complexity index is 1370. The van der Waals surface area contributed by atoms with E-state index in [4.69, 9.17) is 0 Å². The average Bonchev–Trinajstić information content (AvgIpc) is 2.88. The fourth-order valence-corrected chi connectivity index (χ4v) is 5.09. The van der Waals surface area contributed by atoms with Gasteiger partial charge in [0.15, 0.2) is 0 Å². The largest absolute Gasteiger partial charge is 0.325 e. The lowest BCUT2D eigenvalue weighted by molar-refractivity contribution is -0.115. The fourth-order valence-electron chi connectivity index (χ4n) is 4.07. The number of benzene rings is 4. The third kappa shape index (κ3) is 5.92. The van der Waals surface area contributed by atoms with Gasteiger partial charge in [-0.3, -0.25) is 9.59 Å². The summed E-state index contributed by atoms with van der Waals surface area (Å²) in [6.07, 6.45) is 1.55. The highest BCUT2D eigenvalue weighted by Gasteiger charge is 2.20. The molecule has 2 amide bonds. The number of nitrogens with one attached hydrogen (secondary N) is 2. The van der Waals surface area contributed by atoms with Crippen LogP contribution in [-0.2, 0) is 11.2 Å². The van der Waals surface area contributed by atoms with Crippen molar-refractivity contribution in [3.05, 3.63) is 102 Å². The van der Waals surface area contributed by atoms with Gasteiger partial charge in [-0.15, -0.1) is 11.8 Å². The SMILES string of the molecule is CCc1cccc(C)c1NC(=O)C(CC)Sc1cccc(NC(=O)c2ccc3ccccc3c2)c1. The second-order valence-electron chi connectivity index (χ2n) is 8.51. The van der Waals surface area contributed by atoms with Crippen molar-refractivity contribution in [2.45, 2.75) is 43.8 Å². The van der Waals surface area contributed by atoms with E-state index >= 15 is 0 Å². The summed E-state index contributed by atoms with van der Waals surface area (Å²) in [5.41, 5.74) is 4.43. The number of rotatable bonds is 8. The molecule has 1 atom stereocenters. The summed E-state index contributed by atoms with van der Waals surface area (Å²) in [4.78, 5) is 26.9. The molecule has 0 spiro atoms. The molecule has 0 bridgehead atoms. The van der Waals surface area contributed by atoms with Gasteiger partial charge in [0, 0.05) is 21.8 Å². The lowest BCUT2D eigenvalue weighted by Gasteiger charge is -2.18. The zero-order chi connectivity index (χ0) is 24.8. The molecule has 4 rings (SSSR count). The molecule has 0 aliphatic carbocycles. The Balaban J connectivity index is 1.45. The number of aryl methyl sites for hydroxylation is 2. The lowest BCUT2D eigenvalue weighted by atomic mass is 10.1. The van der Waals surface area contributed by atoms with Crippen LogP contribution in [0.1, 0.15) is 41.8 Å². The number of fused-ring (bicyclic) bond motifs is 1. The van der Waals surface area contributed by atoms with Crippen LogP contribution in [0.15, 0.2) is 89.8 Å². The van der Waals surface area contributed by atoms with Gasteiger partial charge in [0.1, 0.15) is 0 Å². The van der Waals surface area contributed by atoms with E-state index in [9.17, 15) is 9.59 Å². The molecule has 0 saturated carbocycles. The molecule has 4 nitrogen and oxygen atoms in total. The summed E-state index contributed by atoms with van der Waals surface area (Å²) in [6.45, 7) is 6.12. The van der Waals surface area contributed by atoms with Crippen LogP contribution in [0.25, 0.3) is 10.8 Å². The monoisotopic (exact) mass is 482 g/mol. The molecule has 0 aliphatic heterocycles. The van der Waals surface area contributed by atoms with E-state index < -0.39 is 0 Å². The zero-order valence-electron chi connectivity index (χ0n) is 20.3. The van der Waals surface area contributed by atoms with Crippen molar-refractivity contribution in [1.82, 2.24) is 0 Å². The zero-order valence-corrected chi connectivity index (χ0v) is 21.1. The molecular formula is C30H30N2O2S. The second-order valence-corrected chi connectivity index (χ2v) is 9.79. The maximum Gasteiger partial charge on any atom is 0.255 e. The molecule has 0 aliphatic rings. The van der Waals surface area contributed by atoms with Crippen molar-refractivity contribution < 1.29 is 9.59 Å². The van der Waals surface area contributed by atoms with Gasteiger partial charge < -0.3 is 10.6 Å². The molecule has 0 heterocycles. The molecule has 4 aromatic rings. The molecule has 1 unspecified atom stereocenters. The molecule has 0 saturated heterocycles. The van der Waals surface area contributed by atoms with Gasteiger partial charge in [-0.2, -0.15) is 0 Å². The molecule has 0 fully saturated rings. The quantitative estimate of drug-likeness (QED) is 0.256. The minimum absolute atomic E-state index is 0.00731. The number of para-hydroxylation sites is 1. The first-order valence-corrected chi connectivity index (χ1v) is 12.8. The number of carbonyl (C=O) groups is 2. The highest BCUT2D eigenvalue weighted by atomic mass is 32.2. The predicted molar refractivity (Wildman–Crippen MR) is 147 cm³/mol. The van der Waals surface area contributed by atoms with Crippen molar-refractivity contribution in [3.8, 4) is 0 Å². The maximum absolute atomic E-state index is 13.1. The number of hydrogen-bond donors (Lipinski definition) is 2. The molecule has 0 aromatic heterocycles. The lowest BCUT2D eigenvalue weighted by Crippen LogP contribution is -2.25. The minimum Gasteiger partial charge on any atom is -0.325 e. The van der Waals surface area contributed by atoms with E-state index in [1.807, 2.05) is 92.7 Å². The second kappa shape index (κ2) is 11.2. The third-order valence-corrected chi connectivity index (χ3v) is 7.39. The summed E-state index contributed by atoms with van der Waals surface area (Å²) in [7, 11) is 0. The molecule has 0 radical (unpaired) electrons. The van der Waals surface area contributed by atoms with E-state index in [0.29, 0.717) is 17.7 Å². The number of anilines is 2. The Kier molecular flexibility index (Phi) is 7.88. The molecular weight excluding hydrogens is 452 g/mol. The summed E-state index contributed by atoms with van der Waals surface area (Å²) >= 11 is 1.51. The third-order valence-electron chi connectivity index (χ3n) is 6.03. The van der Waals surface area contributed by atoms with Gasteiger partial charge in [0.05, 0.1) is 5.25 Å². The maximum atomic E-state index is 13.1. The van der Waals surface area contributed by atoms with Crippen LogP contribution >= 0.6 is 11.8 Å². The Morgan fingerprint density at radius 2 is 1.60 bits per heavy atom. The van der Waals surface area contributed by atoms with Crippen LogP contribution in [0.3, 0.4) is 0 Å². The van der Waals surface area contributed by atoms with Gasteiger partial charge in [-0.1, -0.05) is 68.4 Å². The first-order chi connectivity index (χ1) is 17.0. The average molecular weight is 483 g/mol. The van der Waals surface area contributed by atoms with Crippen LogP contribution in [-0.4, -0.2) is 17.1 Å². The summed E-state index contributed by atoms with van der Waals surface area (Å²) in [5.74, 6) is -0.165. The van der Waals surface area contributed by atoms with Crippen LogP contribution in [0, 0.1) is 6.92 Å². The van der Waals surface area contributed by atoms with E-state index in [0.717, 1.165) is 38.9 Å². The van der Waals surface area contributed by atoms with Crippen molar-refractivity contribution >= 4 is 45.7 Å². The van der Waals surface area contributed by atoms with Gasteiger partial charge in [0.25, 0.3) is 5.91 Å². The van der Waals surface area contributed by atoms with E-state index in [2.05, 4.69) is 23.6 Å². The molecule has 5 heteroatoms. The summed E-state index contributed by atoms with van der Waals surface area (Å²) in [5, 5.41) is 8.03. The highest BCUT2D eigenvalue weighted by molar-refractivity contribution is 8.00. The van der Waals surface area contributed by atoms with E-state index in [1.54, 1.807) is 0 Å². The molecule has 2 N–H and O–H groups in total. The smallest absolute Gasteiger partial charge is 0.255 e. The highest BCUT2D eigenvalue weighted by Crippen LogP contribution is 2.30. The van der Waals surface area contributed by atoms with E-state index in [1.165, 1.54) is 11.8 Å². The van der Waals surface area contributed by atoms with Crippen molar-refractivity contribution in [1.29, 1.82) is 0 Å². The van der Waals surface area contributed by atoms with Crippen LogP contribution in [0.5, 0.6) is 0 Å². The number of thioether (sulfide) groups is 1.